The molecule has 1 unspecified atom stereocenters. The van der Waals surface area contributed by atoms with Crippen molar-refractivity contribution in [1.29, 1.82) is 0 Å². The molecule has 2 heteroatoms. The Morgan fingerprint density at radius 3 is 2.64 bits per heavy atom. The molecular weight excluding hydrogens is 141 g/mol. The second-order valence-corrected chi connectivity index (χ2v) is 2.97. The van der Waals surface area contributed by atoms with E-state index in [0.717, 1.165) is 12.8 Å². The van der Waals surface area contributed by atoms with Crippen LogP contribution in [-0.2, 0) is 0 Å². The fourth-order valence-electron chi connectivity index (χ4n) is 1.15. The number of halogens is 1. The predicted octanol–water partition coefficient (Wildman–Crippen LogP) is 2.28. The van der Waals surface area contributed by atoms with Gasteiger partial charge in [0.25, 0.3) is 0 Å². The Bertz CT molecular complexity index is 102. The molecule has 0 saturated heterocycles. The molecular formula is C9H18FN. The van der Waals surface area contributed by atoms with Crippen molar-refractivity contribution < 1.29 is 4.39 Å². The van der Waals surface area contributed by atoms with E-state index in [2.05, 4.69) is 6.58 Å². The van der Waals surface area contributed by atoms with Gasteiger partial charge in [0.05, 0.1) is 6.67 Å². The van der Waals surface area contributed by atoms with E-state index in [4.69, 9.17) is 5.73 Å². The summed E-state index contributed by atoms with van der Waals surface area (Å²) in [7, 11) is 0. The molecule has 0 heterocycles. The van der Waals surface area contributed by atoms with Crippen LogP contribution in [-0.4, -0.2) is 12.7 Å². The van der Waals surface area contributed by atoms with E-state index in [0.29, 0.717) is 12.3 Å². The average molecular weight is 159 g/mol. The van der Waals surface area contributed by atoms with Crippen LogP contribution in [0, 0.1) is 5.92 Å². The molecule has 0 aliphatic carbocycles. The van der Waals surface area contributed by atoms with Gasteiger partial charge in [-0.25, -0.2) is 0 Å². The van der Waals surface area contributed by atoms with Crippen molar-refractivity contribution in [2.24, 2.45) is 11.7 Å². The van der Waals surface area contributed by atoms with Crippen LogP contribution < -0.4 is 5.73 Å². The molecule has 0 aliphatic heterocycles. The minimum absolute atomic E-state index is 0.152. The third kappa shape index (κ3) is 4.96. The van der Waals surface area contributed by atoms with E-state index in [1.165, 1.54) is 0 Å². The van der Waals surface area contributed by atoms with Crippen LogP contribution in [0.2, 0.25) is 0 Å². The van der Waals surface area contributed by atoms with Crippen molar-refractivity contribution in [3.8, 4) is 0 Å². The van der Waals surface area contributed by atoms with Gasteiger partial charge < -0.3 is 5.73 Å². The summed E-state index contributed by atoms with van der Waals surface area (Å²) >= 11 is 0. The Hall–Kier alpha value is -0.370. The van der Waals surface area contributed by atoms with Crippen LogP contribution in [0.25, 0.3) is 0 Å². The molecule has 2 atom stereocenters. The van der Waals surface area contributed by atoms with E-state index in [1.54, 1.807) is 0 Å². The molecule has 66 valence electrons. The highest BCUT2D eigenvalue weighted by atomic mass is 19.1. The highest BCUT2D eigenvalue weighted by molar-refractivity contribution is 4.78. The first kappa shape index (κ1) is 10.6. The topological polar surface area (TPSA) is 26.0 Å². The lowest BCUT2D eigenvalue weighted by atomic mass is 9.93. The third-order valence-corrected chi connectivity index (χ3v) is 1.92. The van der Waals surface area contributed by atoms with Crippen molar-refractivity contribution in [1.82, 2.24) is 0 Å². The lowest BCUT2D eigenvalue weighted by Crippen LogP contribution is -2.26. The number of rotatable bonds is 6. The van der Waals surface area contributed by atoms with Gasteiger partial charge in [0.15, 0.2) is 0 Å². The maximum atomic E-state index is 11.8. The first-order valence-corrected chi connectivity index (χ1v) is 4.14. The fourth-order valence-corrected chi connectivity index (χ4v) is 1.15. The zero-order valence-electron chi connectivity index (χ0n) is 7.22. The first-order valence-electron chi connectivity index (χ1n) is 4.14. The lowest BCUT2D eigenvalue weighted by molar-refractivity contribution is 0.368. The van der Waals surface area contributed by atoms with Crippen molar-refractivity contribution >= 4 is 0 Å². The maximum absolute atomic E-state index is 11.8. The molecule has 0 aliphatic rings. The summed E-state index contributed by atoms with van der Waals surface area (Å²) in [5.41, 5.74) is 5.69. The molecule has 1 nitrogen and oxygen atoms in total. The molecule has 0 rings (SSSR count). The van der Waals surface area contributed by atoms with Crippen molar-refractivity contribution in [2.45, 2.75) is 32.2 Å². The molecule has 0 amide bonds. The minimum atomic E-state index is -0.236. The average Bonchev–Trinajstić information content (AvgIpc) is 1.97. The Morgan fingerprint density at radius 1 is 1.64 bits per heavy atom. The van der Waals surface area contributed by atoms with Gasteiger partial charge in [0, 0.05) is 6.04 Å². The number of nitrogens with two attached hydrogens (primary N) is 1. The SMILES string of the molecule is C=CCC(CCCF)[C@H](C)N. The van der Waals surface area contributed by atoms with Gasteiger partial charge in [-0.2, -0.15) is 0 Å². The Balaban J connectivity index is 3.59. The van der Waals surface area contributed by atoms with Gasteiger partial charge in [0.1, 0.15) is 0 Å². The van der Waals surface area contributed by atoms with Crippen LogP contribution >= 0.6 is 0 Å². The Kier molecular flexibility index (Phi) is 6.13. The van der Waals surface area contributed by atoms with E-state index in [-0.39, 0.29) is 12.7 Å². The fraction of sp³-hybridized carbons (Fsp3) is 0.778. The Labute approximate surface area is 68.5 Å². The summed E-state index contributed by atoms with van der Waals surface area (Å²) < 4.78 is 11.8. The second kappa shape index (κ2) is 6.35. The van der Waals surface area contributed by atoms with E-state index in [1.807, 2.05) is 13.0 Å². The summed E-state index contributed by atoms with van der Waals surface area (Å²) in [6, 6.07) is 0.152. The third-order valence-electron chi connectivity index (χ3n) is 1.92. The van der Waals surface area contributed by atoms with Crippen molar-refractivity contribution in [2.75, 3.05) is 6.67 Å². The molecule has 0 fully saturated rings. The first-order chi connectivity index (χ1) is 5.22. The van der Waals surface area contributed by atoms with E-state index >= 15 is 0 Å². The summed E-state index contributed by atoms with van der Waals surface area (Å²) in [6.07, 6.45) is 4.25. The largest absolute Gasteiger partial charge is 0.328 e. The standard InChI is InChI=1S/C9H18FN/c1-3-5-9(8(2)11)6-4-7-10/h3,8-9H,1,4-7,11H2,2H3/t8-,9?/m0/s1. The van der Waals surface area contributed by atoms with Crippen LogP contribution in [0.5, 0.6) is 0 Å². The molecule has 0 spiro atoms. The minimum Gasteiger partial charge on any atom is -0.328 e. The lowest BCUT2D eigenvalue weighted by Gasteiger charge is -2.17. The normalized spacial score (nSPS) is 15.9. The van der Waals surface area contributed by atoms with Gasteiger partial charge >= 0.3 is 0 Å². The highest BCUT2D eigenvalue weighted by Gasteiger charge is 2.10. The van der Waals surface area contributed by atoms with Crippen molar-refractivity contribution in [3.05, 3.63) is 12.7 Å². The quantitative estimate of drug-likeness (QED) is 0.591. The summed E-state index contributed by atoms with van der Waals surface area (Å²) in [5, 5.41) is 0. The molecule has 0 radical (unpaired) electrons. The van der Waals surface area contributed by atoms with Crippen molar-refractivity contribution in [3.63, 3.8) is 0 Å². The van der Waals surface area contributed by atoms with Gasteiger partial charge in [-0.3, -0.25) is 4.39 Å². The summed E-state index contributed by atoms with van der Waals surface area (Å²) in [6.45, 7) is 5.37. The number of alkyl halides is 1. The Morgan fingerprint density at radius 2 is 2.27 bits per heavy atom. The molecule has 2 N–H and O–H groups in total. The summed E-state index contributed by atoms with van der Waals surface area (Å²) in [5.74, 6) is 0.406. The van der Waals surface area contributed by atoms with Gasteiger partial charge in [-0.1, -0.05) is 6.08 Å². The van der Waals surface area contributed by atoms with Gasteiger partial charge in [-0.05, 0) is 32.1 Å². The monoisotopic (exact) mass is 159 g/mol. The number of hydrogen-bond acceptors (Lipinski definition) is 1. The molecule has 0 saturated carbocycles. The zero-order chi connectivity index (χ0) is 8.69. The maximum Gasteiger partial charge on any atom is 0.0894 e. The van der Waals surface area contributed by atoms with Gasteiger partial charge in [-0.15, -0.1) is 6.58 Å². The van der Waals surface area contributed by atoms with E-state index in [9.17, 15) is 4.39 Å². The molecule has 0 bridgehead atoms. The van der Waals surface area contributed by atoms with E-state index < -0.39 is 0 Å². The molecule has 0 aromatic heterocycles. The van der Waals surface area contributed by atoms with Crippen LogP contribution in [0.15, 0.2) is 12.7 Å². The second-order valence-electron chi connectivity index (χ2n) is 2.97. The van der Waals surface area contributed by atoms with Gasteiger partial charge in [0.2, 0.25) is 0 Å². The summed E-state index contributed by atoms with van der Waals surface area (Å²) in [4.78, 5) is 0. The number of allylic oxidation sites excluding steroid dienone is 1. The molecule has 0 aromatic rings. The predicted molar refractivity (Wildman–Crippen MR) is 47.2 cm³/mol. The van der Waals surface area contributed by atoms with Crippen LogP contribution in [0.4, 0.5) is 4.39 Å². The molecule has 0 aromatic carbocycles. The molecule has 11 heavy (non-hydrogen) atoms. The van der Waals surface area contributed by atoms with Crippen LogP contribution in [0.1, 0.15) is 26.2 Å². The van der Waals surface area contributed by atoms with Crippen LogP contribution in [0.3, 0.4) is 0 Å². The highest BCUT2D eigenvalue weighted by Crippen LogP contribution is 2.14. The smallest absolute Gasteiger partial charge is 0.0894 e. The number of hydrogen-bond donors (Lipinski definition) is 1. The zero-order valence-corrected chi connectivity index (χ0v) is 7.22.